The van der Waals surface area contributed by atoms with Crippen molar-refractivity contribution in [2.24, 2.45) is 0 Å². The Labute approximate surface area is 86.7 Å². The SMILES string of the molecule is O=C1NCCCC1NC(=O)n1ccnc1. The summed E-state index contributed by atoms with van der Waals surface area (Å²) >= 11 is 0. The summed E-state index contributed by atoms with van der Waals surface area (Å²) in [5.74, 6) is -0.116. The quantitative estimate of drug-likeness (QED) is 0.666. The molecular weight excluding hydrogens is 196 g/mol. The lowest BCUT2D eigenvalue weighted by Gasteiger charge is -2.22. The zero-order valence-electron chi connectivity index (χ0n) is 8.14. The summed E-state index contributed by atoms with van der Waals surface area (Å²) in [7, 11) is 0. The van der Waals surface area contributed by atoms with Gasteiger partial charge in [0.1, 0.15) is 12.4 Å². The molecule has 1 unspecified atom stereocenters. The second-order valence-electron chi connectivity index (χ2n) is 3.41. The van der Waals surface area contributed by atoms with E-state index in [4.69, 9.17) is 0 Å². The van der Waals surface area contributed by atoms with E-state index in [0.717, 1.165) is 6.42 Å². The van der Waals surface area contributed by atoms with Crippen LogP contribution < -0.4 is 10.6 Å². The highest BCUT2D eigenvalue weighted by Gasteiger charge is 2.23. The molecule has 1 fully saturated rings. The Hall–Kier alpha value is -1.85. The van der Waals surface area contributed by atoms with Crippen molar-refractivity contribution >= 4 is 11.9 Å². The topological polar surface area (TPSA) is 76.0 Å². The molecule has 2 N–H and O–H groups in total. The summed E-state index contributed by atoms with van der Waals surface area (Å²) in [6.45, 7) is 0.691. The van der Waals surface area contributed by atoms with E-state index in [-0.39, 0.29) is 11.9 Å². The van der Waals surface area contributed by atoms with E-state index < -0.39 is 6.04 Å². The van der Waals surface area contributed by atoms with E-state index in [1.165, 1.54) is 23.3 Å². The average Bonchev–Trinajstić information content (AvgIpc) is 2.74. The van der Waals surface area contributed by atoms with Gasteiger partial charge in [-0.05, 0) is 12.8 Å². The maximum Gasteiger partial charge on any atom is 0.327 e. The zero-order chi connectivity index (χ0) is 10.7. The molecule has 0 aliphatic carbocycles. The monoisotopic (exact) mass is 208 g/mol. The third kappa shape index (κ3) is 2.15. The number of carbonyl (C=O) groups excluding carboxylic acids is 2. The molecule has 6 nitrogen and oxygen atoms in total. The molecule has 1 saturated heterocycles. The van der Waals surface area contributed by atoms with Gasteiger partial charge in [-0.3, -0.25) is 9.36 Å². The minimum absolute atomic E-state index is 0.116. The van der Waals surface area contributed by atoms with Gasteiger partial charge in [-0.1, -0.05) is 0 Å². The van der Waals surface area contributed by atoms with Crippen molar-refractivity contribution in [3.8, 4) is 0 Å². The van der Waals surface area contributed by atoms with Crippen LogP contribution in [0.15, 0.2) is 18.7 Å². The molecule has 1 aliphatic heterocycles. The first kappa shape index (κ1) is 9.70. The second-order valence-corrected chi connectivity index (χ2v) is 3.41. The molecule has 1 atom stereocenters. The summed E-state index contributed by atoms with van der Waals surface area (Å²) in [5.41, 5.74) is 0. The first-order valence-electron chi connectivity index (χ1n) is 4.84. The summed E-state index contributed by atoms with van der Waals surface area (Å²) in [4.78, 5) is 26.7. The number of amides is 2. The standard InChI is InChI=1S/C9H12N4O2/c14-8-7(2-1-3-11-8)12-9(15)13-5-4-10-6-13/h4-7H,1-3H2,(H,11,14)(H,12,15). The number of imidazole rings is 1. The largest absolute Gasteiger partial charge is 0.354 e. The Morgan fingerprint density at radius 3 is 3.20 bits per heavy atom. The number of nitrogens with one attached hydrogen (secondary N) is 2. The average molecular weight is 208 g/mol. The highest BCUT2D eigenvalue weighted by molar-refractivity contribution is 5.88. The maximum absolute atomic E-state index is 11.6. The molecule has 80 valence electrons. The fourth-order valence-electron chi connectivity index (χ4n) is 1.51. The minimum Gasteiger partial charge on any atom is -0.354 e. The van der Waals surface area contributed by atoms with E-state index >= 15 is 0 Å². The van der Waals surface area contributed by atoms with E-state index in [1.54, 1.807) is 0 Å². The zero-order valence-corrected chi connectivity index (χ0v) is 8.14. The molecule has 2 rings (SSSR count). The number of hydrogen-bond donors (Lipinski definition) is 2. The molecule has 0 saturated carbocycles. The van der Waals surface area contributed by atoms with Gasteiger partial charge < -0.3 is 10.6 Å². The van der Waals surface area contributed by atoms with Crippen molar-refractivity contribution in [3.05, 3.63) is 18.7 Å². The van der Waals surface area contributed by atoms with E-state index in [1.807, 2.05) is 0 Å². The smallest absolute Gasteiger partial charge is 0.327 e. The summed E-state index contributed by atoms with van der Waals surface area (Å²) in [6.07, 6.45) is 6.03. The van der Waals surface area contributed by atoms with Crippen LogP contribution >= 0.6 is 0 Å². The number of aromatic nitrogens is 2. The lowest BCUT2D eigenvalue weighted by molar-refractivity contribution is -0.124. The number of piperidine rings is 1. The van der Waals surface area contributed by atoms with Crippen molar-refractivity contribution in [3.63, 3.8) is 0 Å². The molecule has 2 heterocycles. The lowest BCUT2D eigenvalue weighted by Crippen LogP contribution is -2.51. The van der Waals surface area contributed by atoms with E-state index in [2.05, 4.69) is 15.6 Å². The van der Waals surface area contributed by atoms with Crippen molar-refractivity contribution < 1.29 is 9.59 Å². The molecule has 1 aliphatic rings. The van der Waals surface area contributed by atoms with Crippen LogP contribution in [0, 0.1) is 0 Å². The van der Waals surface area contributed by atoms with Gasteiger partial charge in [0, 0.05) is 18.9 Å². The Kier molecular flexibility index (Phi) is 2.66. The highest BCUT2D eigenvalue weighted by Crippen LogP contribution is 2.03. The van der Waals surface area contributed by atoms with Crippen LogP contribution in [0.5, 0.6) is 0 Å². The van der Waals surface area contributed by atoms with Gasteiger partial charge in [-0.15, -0.1) is 0 Å². The minimum atomic E-state index is -0.423. The van der Waals surface area contributed by atoms with Crippen molar-refractivity contribution in [1.29, 1.82) is 0 Å². The van der Waals surface area contributed by atoms with Gasteiger partial charge >= 0.3 is 6.03 Å². The van der Waals surface area contributed by atoms with Crippen molar-refractivity contribution in [2.75, 3.05) is 6.54 Å². The normalized spacial score (nSPS) is 20.8. The summed E-state index contributed by atoms with van der Waals surface area (Å²) in [6, 6.07) is -0.747. The van der Waals surface area contributed by atoms with E-state index in [9.17, 15) is 9.59 Å². The van der Waals surface area contributed by atoms with Gasteiger partial charge in [0.15, 0.2) is 0 Å². The first-order valence-corrected chi connectivity index (χ1v) is 4.84. The van der Waals surface area contributed by atoms with Gasteiger partial charge in [-0.2, -0.15) is 0 Å². The van der Waals surface area contributed by atoms with E-state index in [0.29, 0.717) is 13.0 Å². The predicted molar refractivity (Wildman–Crippen MR) is 52.2 cm³/mol. The van der Waals surface area contributed by atoms with Crippen LogP contribution in [-0.2, 0) is 4.79 Å². The number of carbonyl (C=O) groups is 2. The fraction of sp³-hybridized carbons (Fsp3) is 0.444. The number of nitrogens with zero attached hydrogens (tertiary/aromatic N) is 2. The highest BCUT2D eigenvalue weighted by atomic mass is 16.2. The van der Waals surface area contributed by atoms with Crippen LogP contribution in [0.3, 0.4) is 0 Å². The fourth-order valence-corrected chi connectivity index (χ4v) is 1.51. The number of hydrogen-bond acceptors (Lipinski definition) is 3. The summed E-state index contributed by atoms with van der Waals surface area (Å²) < 4.78 is 1.31. The molecule has 1 aromatic rings. The van der Waals surface area contributed by atoms with Crippen molar-refractivity contribution in [1.82, 2.24) is 20.2 Å². The molecule has 0 spiro atoms. The molecule has 0 radical (unpaired) electrons. The first-order chi connectivity index (χ1) is 7.27. The number of rotatable bonds is 1. The molecule has 6 heteroatoms. The maximum atomic E-state index is 11.6. The molecular formula is C9H12N4O2. The van der Waals surface area contributed by atoms with Crippen LogP contribution in [0.2, 0.25) is 0 Å². The Bertz CT molecular complexity index is 360. The van der Waals surface area contributed by atoms with Crippen LogP contribution in [0.1, 0.15) is 12.8 Å². The lowest BCUT2D eigenvalue weighted by atomic mass is 10.1. The molecule has 1 aromatic heterocycles. The van der Waals surface area contributed by atoms with Crippen LogP contribution in [0.25, 0.3) is 0 Å². The summed E-state index contributed by atoms with van der Waals surface area (Å²) in [5, 5.41) is 5.35. The Morgan fingerprint density at radius 2 is 2.53 bits per heavy atom. The van der Waals surface area contributed by atoms with Crippen LogP contribution in [-0.4, -0.2) is 34.1 Å². The van der Waals surface area contributed by atoms with Crippen molar-refractivity contribution in [2.45, 2.75) is 18.9 Å². The van der Waals surface area contributed by atoms with Crippen LogP contribution in [0.4, 0.5) is 4.79 Å². The third-order valence-corrected chi connectivity index (χ3v) is 2.32. The predicted octanol–water partition coefficient (Wildman–Crippen LogP) is -0.281. The molecule has 0 bridgehead atoms. The Morgan fingerprint density at radius 1 is 1.67 bits per heavy atom. The van der Waals surface area contributed by atoms with Gasteiger partial charge in [0.2, 0.25) is 5.91 Å². The molecule has 0 aromatic carbocycles. The van der Waals surface area contributed by atoms with Gasteiger partial charge in [0.05, 0.1) is 0 Å². The molecule has 2 amide bonds. The second kappa shape index (κ2) is 4.12. The molecule has 15 heavy (non-hydrogen) atoms. The van der Waals surface area contributed by atoms with Gasteiger partial charge in [0.25, 0.3) is 0 Å². The Balaban J connectivity index is 1.96. The third-order valence-electron chi connectivity index (χ3n) is 2.32. The van der Waals surface area contributed by atoms with Gasteiger partial charge in [-0.25, -0.2) is 9.78 Å².